The molecule has 0 aromatic carbocycles. The number of nitrogens with one attached hydrogen (secondary N) is 1. The van der Waals surface area contributed by atoms with Gasteiger partial charge in [-0.3, -0.25) is 19.3 Å². The minimum atomic E-state index is -1.14. The number of carboxylic acid groups (broad SMARTS) is 1. The molecule has 0 saturated carbocycles. The number of hydrogen-bond donors (Lipinski definition) is 2. The number of hydrogen-bond acceptors (Lipinski definition) is 6. The molecular formula is C14H14N2O4S3. The van der Waals surface area contributed by atoms with Crippen molar-refractivity contribution in [3.8, 4) is 0 Å². The Morgan fingerprint density at radius 3 is 2.70 bits per heavy atom. The second-order valence-corrected chi connectivity index (χ2v) is 7.47. The number of thiophene rings is 1. The molecule has 6 nitrogen and oxygen atoms in total. The lowest BCUT2D eigenvalue weighted by Crippen LogP contribution is -2.50. The first kappa shape index (κ1) is 17.6. The summed E-state index contributed by atoms with van der Waals surface area (Å²) in [7, 11) is 0. The van der Waals surface area contributed by atoms with Gasteiger partial charge in [0.15, 0.2) is 0 Å². The highest BCUT2D eigenvalue weighted by molar-refractivity contribution is 8.26. The Kier molecular flexibility index (Phi) is 5.55. The highest BCUT2D eigenvalue weighted by Crippen LogP contribution is 2.34. The van der Waals surface area contributed by atoms with Crippen LogP contribution in [0.3, 0.4) is 0 Å². The van der Waals surface area contributed by atoms with Crippen LogP contribution in [0, 0.1) is 0 Å². The summed E-state index contributed by atoms with van der Waals surface area (Å²) >= 11 is 7.81. The number of carbonyl (C=O) groups is 3. The average Bonchev–Trinajstić information content (AvgIpc) is 3.07. The zero-order chi connectivity index (χ0) is 17.1. The van der Waals surface area contributed by atoms with E-state index in [-0.39, 0.29) is 10.2 Å². The fraction of sp³-hybridized carbons (Fsp3) is 0.286. The molecule has 1 aromatic rings. The molecule has 0 spiro atoms. The molecule has 0 aliphatic carbocycles. The Hall–Kier alpha value is -1.71. The van der Waals surface area contributed by atoms with E-state index in [1.807, 2.05) is 17.5 Å². The number of aliphatic carboxylic acids is 1. The van der Waals surface area contributed by atoms with Gasteiger partial charge in [-0.15, -0.1) is 11.3 Å². The number of carboxylic acids is 1. The molecule has 2 amide bonds. The van der Waals surface area contributed by atoms with Crippen LogP contribution in [0.25, 0.3) is 6.08 Å². The van der Waals surface area contributed by atoms with Gasteiger partial charge < -0.3 is 10.4 Å². The van der Waals surface area contributed by atoms with Crippen LogP contribution < -0.4 is 5.32 Å². The second-order valence-electron chi connectivity index (χ2n) is 4.81. The largest absolute Gasteiger partial charge is 0.480 e. The van der Waals surface area contributed by atoms with Crippen molar-refractivity contribution in [2.75, 3.05) is 0 Å². The van der Waals surface area contributed by atoms with Crippen LogP contribution in [0.4, 0.5) is 0 Å². The van der Waals surface area contributed by atoms with Crippen LogP contribution in [0.5, 0.6) is 0 Å². The van der Waals surface area contributed by atoms with E-state index in [2.05, 4.69) is 5.32 Å². The SMILES string of the molecule is CC(NC(=O)C(C)N1C(=O)/C(=C/c2cccs2)SC1=S)C(=O)O. The Morgan fingerprint density at radius 1 is 1.43 bits per heavy atom. The van der Waals surface area contributed by atoms with Crippen molar-refractivity contribution < 1.29 is 19.5 Å². The van der Waals surface area contributed by atoms with Crippen LogP contribution in [0.15, 0.2) is 22.4 Å². The number of rotatable bonds is 5. The van der Waals surface area contributed by atoms with E-state index >= 15 is 0 Å². The van der Waals surface area contributed by atoms with E-state index in [1.54, 1.807) is 6.08 Å². The van der Waals surface area contributed by atoms with Gasteiger partial charge in [0.05, 0.1) is 4.91 Å². The topological polar surface area (TPSA) is 86.7 Å². The maximum atomic E-state index is 12.5. The lowest BCUT2D eigenvalue weighted by atomic mass is 10.2. The van der Waals surface area contributed by atoms with Gasteiger partial charge in [0.2, 0.25) is 5.91 Å². The Morgan fingerprint density at radius 2 is 2.13 bits per heavy atom. The Bertz CT molecular complexity index is 684. The minimum absolute atomic E-state index is 0.281. The van der Waals surface area contributed by atoms with E-state index in [4.69, 9.17) is 17.3 Å². The summed E-state index contributed by atoms with van der Waals surface area (Å²) in [5.41, 5.74) is 0. The first-order chi connectivity index (χ1) is 10.8. The minimum Gasteiger partial charge on any atom is -0.480 e. The molecule has 1 saturated heterocycles. The number of nitrogens with zero attached hydrogens (tertiary/aromatic N) is 1. The summed E-state index contributed by atoms with van der Waals surface area (Å²) in [5.74, 6) is -2.05. The van der Waals surface area contributed by atoms with Gasteiger partial charge in [0.1, 0.15) is 16.4 Å². The molecule has 9 heteroatoms. The Balaban J connectivity index is 2.13. The summed E-state index contributed by atoms with van der Waals surface area (Å²) in [6.45, 7) is 2.87. The summed E-state index contributed by atoms with van der Waals surface area (Å²) < 4.78 is 0.281. The first-order valence-corrected chi connectivity index (χ1v) is 8.75. The lowest BCUT2D eigenvalue weighted by molar-refractivity contribution is -0.142. The number of thiocarbonyl (C=S) groups is 1. The van der Waals surface area contributed by atoms with Gasteiger partial charge in [-0.1, -0.05) is 30.0 Å². The molecule has 0 radical (unpaired) electrons. The first-order valence-electron chi connectivity index (χ1n) is 6.65. The Labute approximate surface area is 146 Å². The third kappa shape index (κ3) is 3.98. The van der Waals surface area contributed by atoms with Crippen molar-refractivity contribution in [1.82, 2.24) is 10.2 Å². The highest BCUT2D eigenvalue weighted by Gasteiger charge is 2.38. The van der Waals surface area contributed by atoms with Gasteiger partial charge in [0.25, 0.3) is 5.91 Å². The molecule has 2 unspecified atom stereocenters. The van der Waals surface area contributed by atoms with E-state index < -0.39 is 24.0 Å². The molecule has 1 aromatic heterocycles. The van der Waals surface area contributed by atoms with Gasteiger partial charge in [-0.25, -0.2) is 0 Å². The second kappa shape index (κ2) is 7.24. The van der Waals surface area contributed by atoms with Crippen LogP contribution in [0.2, 0.25) is 0 Å². The standard InChI is InChI=1S/C14H14N2O4S3/c1-7(13(19)20)15-11(17)8(2)16-12(18)10(23-14(16)21)6-9-4-3-5-22-9/h3-8H,1-2H3,(H,15,17)(H,19,20)/b10-6-. The molecule has 1 aliphatic rings. The van der Waals surface area contributed by atoms with Crippen molar-refractivity contribution >= 4 is 63.5 Å². The molecule has 122 valence electrons. The van der Waals surface area contributed by atoms with Crippen molar-refractivity contribution in [3.05, 3.63) is 27.3 Å². The predicted octanol–water partition coefficient (Wildman–Crippen LogP) is 1.93. The molecule has 1 aliphatic heterocycles. The zero-order valence-corrected chi connectivity index (χ0v) is 14.8. The molecule has 2 heterocycles. The maximum absolute atomic E-state index is 12.5. The average molecular weight is 370 g/mol. The maximum Gasteiger partial charge on any atom is 0.325 e. The fourth-order valence-electron chi connectivity index (χ4n) is 1.83. The molecule has 2 rings (SSSR count). The molecule has 2 atom stereocenters. The van der Waals surface area contributed by atoms with E-state index in [0.29, 0.717) is 4.91 Å². The summed E-state index contributed by atoms with van der Waals surface area (Å²) in [6, 6.07) is 1.84. The van der Waals surface area contributed by atoms with Crippen molar-refractivity contribution in [2.45, 2.75) is 25.9 Å². The van der Waals surface area contributed by atoms with Crippen LogP contribution >= 0.6 is 35.3 Å². The van der Waals surface area contributed by atoms with Crippen molar-refractivity contribution in [3.63, 3.8) is 0 Å². The molecule has 23 heavy (non-hydrogen) atoms. The highest BCUT2D eigenvalue weighted by atomic mass is 32.2. The van der Waals surface area contributed by atoms with Gasteiger partial charge >= 0.3 is 5.97 Å². The number of thioether (sulfide) groups is 1. The molecule has 0 bridgehead atoms. The quantitative estimate of drug-likeness (QED) is 0.608. The van der Waals surface area contributed by atoms with Crippen LogP contribution in [-0.4, -0.2) is 44.2 Å². The van der Waals surface area contributed by atoms with Crippen molar-refractivity contribution in [1.29, 1.82) is 0 Å². The van der Waals surface area contributed by atoms with Gasteiger partial charge in [-0.2, -0.15) is 0 Å². The third-order valence-electron chi connectivity index (χ3n) is 3.14. The monoisotopic (exact) mass is 370 g/mol. The van der Waals surface area contributed by atoms with E-state index in [9.17, 15) is 14.4 Å². The molecule has 1 fully saturated rings. The summed E-state index contributed by atoms with van der Waals surface area (Å²) in [6.07, 6.45) is 1.73. The van der Waals surface area contributed by atoms with E-state index in [1.165, 1.54) is 30.1 Å². The lowest BCUT2D eigenvalue weighted by Gasteiger charge is -2.23. The van der Waals surface area contributed by atoms with Crippen LogP contribution in [-0.2, 0) is 14.4 Å². The number of amides is 2. The van der Waals surface area contributed by atoms with Gasteiger partial charge in [-0.05, 0) is 31.4 Å². The third-order valence-corrected chi connectivity index (χ3v) is 5.29. The summed E-state index contributed by atoms with van der Waals surface area (Å²) in [4.78, 5) is 38.0. The predicted molar refractivity (Wildman–Crippen MR) is 94.0 cm³/mol. The normalized spacial score (nSPS) is 19.0. The zero-order valence-electron chi connectivity index (χ0n) is 12.3. The smallest absolute Gasteiger partial charge is 0.325 e. The number of carbonyl (C=O) groups excluding carboxylic acids is 2. The van der Waals surface area contributed by atoms with Crippen LogP contribution in [0.1, 0.15) is 18.7 Å². The van der Waals surface area contributed by atoms with E-state index in [0.717, 1.165) is 16.6 Å². The van der Waals surface area contributed by atoms with Crippen molar-refractivity contribution in [2.24, 2.45) is 0 Å². The van der Waals surface area contributed by atoms with Gasteiger partial charge in [0, 0.05) is 4.88 Å². The molecular weight excluding hydrogens is 356 g/mol. The fourth-order valence-corrected chi connectivity index (χ4v) is 3.97. The summed E-state index contributed by atoms with van der Waals surface area (Å²) in [5, 5.41) is 13.1. The molecule has 2 N–H and O–H groups in total.